The predicted octanol–water partition coefficient (Wildman–Crippen LogP) is 2.04. The molecule has 3 nitrogen and oxygen atoms in total. The number of aliphatic hydroxyl groups is 1. The molecule has 0 aliphatic carbocycles. The van der Waals surface area contributed by atoms with Crippen molar-refractivity contribution in [3.05, 3.63) is 35.4 Å². The SMILES string of the molecule is CC(O)c1ncc2cc(Cl)ccn12. The first-order valence-corrected chi connectivity index (χ1v) is 4.37. The van der Waals surface area contributed by atoms with E-state index in [0.717, 1.165) is 5.52 Å². The van der Waals surface area contributed by atoms with Crippen LogP contribution in [0, 0.1) is 0 Å². The number of nitrogens with zero attached hydrogens (tertiary/aromatic N) is 2. The summed E-state index contributed by atoms with van der Waals surface area (Å²) >= 11 is 5.80. The summed E-state index contributed by atoms with van der Waals surface area (Å²) in [6, 6.07) is 3.57. The second-order valence-corrected chi connectivity index (χ2v) is 3.37. The lowest BCUT2D eigenvalue weighted by Gasteiger charge is -2.02. The first-order valence-electron chi connectivity index (χ1n) is 3.99. The highest BCUT2D eigenvalue weighted by molar-refractivity contribution is 6.30. The molecule has 0 bridgehead atoms. The van der Waals surface area contributed by atoms with Crippen LogP contribution < -0.4 is 0 Å². The number of fused-ring (bicyclic) bond motifs is 1. The molecule has 1 N–H and O–H groups in total. The third kappa shape index (κ3) is 1.41. The molecule has 0 amide bonds. The highest BCUT2D eigenvalue weighted by Crippen LogP contribution is 2.17. The molecule has 0 fully saturated rings. The minimum atomic E-state index is -0.566. The molecule has 0 aliphatic heterocycles. The molecule has 0 radical (unpaired) electrons. The molecular weight excluding hydrogens is 188 g/mol. The van der Waals surface area contributed by atoms with E-state index in [9.17, 15) is 5.11 Å². The van der Waals surface area contributed by atoms with Gasteiger partial charge in [0.2, 0.25) is 0 Å². The molecule has 68 valence electrons. The minimum absolute atomic E-state index is 0.566. The number of hydrogen-bond donors (Lipinski definition) is 1. The van der Waals surface area contributed by atoms with Gasteiger partial charge in [-0.05, 0) is 19.1 Å². The monoisotopic (exact) mass is 196 g/mol. The largest absolute Gasteiger partial charge is 0.385 e. The minimum Gasteiger partial charge on any atom is -0.385 e. The molecule has 2 rings (SSSR count). The molecule has 0 aromatic carbocycles. The van der Waals surface area contributed by atoms with E-state index in [1.54, 1.807) is 31.5 Å². The van der Waals surface area contributed by atoms with Crippen molar-refractivity contribution in [2.24, 2.45) is 0 Å². The Morgan fingerprint density at radius 3 is 3.08 bits per heavy atom. The summed E-state index contributed by atoms with van der Waals surface area (Å²) in [7, 11) is 0. The standard InChI is InChI=1S/C9H9ClN2O/c1-6(13)9-11-5-8-4-7(10)2-3-12(8)9/h2-6,13H,1H3. The molecule has 0 saturated heterocycles. The maximum Gasteiger partial charge on any atom is 0.141 e. The van der Waals surface area contributed by atoms with Gasteiger partial charge < -0.3 is 9.51 Å². The lowest BCUT2D eigenvalue weighted by molar-refractivity contribution is 0.188. The van der Waals surface area contributed by atoms with Crippen LogP contribution >= 0.6 is 11.6 Å². The molecule has 1 atom stereocenters. The van der Waals surface area contributed by atoms with E-state index in [0.29, 0.717) is 10.8 Å². The van der Waals surface area contributed by atoms with Crippen molar-refractivity contribution in [2.75, 3.05) is 0 Å². The topological polar surface area (TPSA) is 37.5 Å². The summed E-state index contributed by atoms with van der Waals surface area (Å²) in [5.41, 5.74) is 0.892. The average Bonchev–Trinajstić information content (AvgIpc) is 2.46. The first kappa shape index (κ1) is 8.53. The summed E-state index contributed by atoms with van der Waals surface area (Å²) in [5.74, 6) is 0.631. The van der Waals surface area contributed by atoms with Gasteiger partial charge in [0.1, 0.15) is 11.9 Å². The van der Waals surface area contributed by atoms with Gasteiger partial charge in [-0.15, -0.1) is 0 Å². The predicted molar refractivity (Wildman–Crippen MR) is 50.8 cm³/mol. The highest BCUT2D eigenvalue weighted by Gasteiger charge is 2.08. The van der Waals surface area contributed by atoms with Crippen LogP contribution in [0.1, 0.15) is 18.9 Å². The van der Waals surface area contributed by atoms with E-state index >= 15 is 0 Å². The van der Waals surface area contributed by atoms with Crippen molar-refractivity contribution in [3.63, 3.8) is 0 Å². The van der Waals surface area contributed by atoms with Crippen LogP contribution in [0.3, 0.4) is 0 Å². The number of imidazole rings is 1. The van der Waals surface area contributed by atoms with Crippen molar-refractivity contribution in [1.29, 1.82) is 0 Å². The zero-order valence-electron chi connectivity index (χ0n) is 7.11. The molecule has 13 heavy (non-hydrogen) atoms. The Balaban J connectivity index is 2.69. The van der Waals surface area contributed by atoms with Crippen molar-refractivity contribution in [2.45, 2.75) is 13.0 Å². The van der Waals surface area contributed by atoms with Gasteiger partial charge >= 0.3 is 0 Å². The fourth-order valence-corrected chi connectivity index (χ4v) is 1.47. The fraction of sp³-hybridized carbons (Fsp3) is 0.222. The van der Waals surface area contributed by atoms with Gasteiger partial charge in [0.15, 0.2) is 0 Å². The van der Waals surface area contributed by atoms with Crippen LogP contribution in [0.2, 0.25) is 5.02 Å². The Hall–Kier alpha value is -1.06. The van der Waals surface area contributed by atoms with E-state index in [-0.39, 0.29) is 0 Å². The Bertz CT molecular complexity index is 436. The van der Waals surface area contributed by atoms with Gasteiger partial charge in [-0.2, -0.15) is 0 Å². The molecule has 2 aromatic rings. The van der Waals surface area contributed by atoms with E-state index in [4.69, 9.17) is 11.6 Å². The summed E-state index contributed by atoms with van der Waals surface area (Å²) < 4.78 is 1.82. The van der Waals surface area contributed by atoms with E-state index < -0.39 is 6.10 Å². The van der Waals surface area contributed by atoms with E-state index in [2.05, 4.69) is 4.98 Å². The Kier molecular flexibility index (Phi) is 1.98. The summed E-state index contributed by atoms with van der Waals surface area (Å²) in [5, 5.41) is 10.0. The normalized spacial score (nSPS) is 13.5. The average molecular weight is 197 g/mol. The van der Waals surface area contributed by atoms with Gasteiger partial charge in [0.25, 0.3) is 0 Å². The first-order chi connectivity index (χ1) is 6.18. The smallest absolute Gasteiger partial charge is 0.141 e. The molecule has 2 aromatic heterocycles. The number of aliphatic hydroxyl groups excluding tert-OH is 1. The number of halogens is 1. The number of aromatic nitrogens is 2. The van der Waals surface area contributed by atoms with Crippen LogP contribution in [0.25, 0.3) is 5.52 Å². The fourth-order valence-electron chi connectivity index (χ4n) is 1.30. The van der Waals surface area contributed by atoms with E-state index in [1.807, 2.05) is 4.40 Å². The second-order valence-electron chi connectivity index (χ2n) is 2.93. The van der Waals surface area contributed by atoms with Crippen molar-refractivity contribution in [1.82, 2.24) is 9.38 Å². The Morgan fingerprint density at radius 2 is 2.38 bits per heavy atom. The lowest BCUT2D eigenvalue weighted by atomic mass is 10.4. The third-order valence-electron chi connectivity index (χ3n) is 1.90. The Labute approximate surface area is 80.6 Å². The van der Waals surface area contributed by atoms with Crippen LogP contribution in [0.15, 0.2) is 24.5 Å². The quantitative estimate of drug-likeness (QED) is 0.758. The molecule has 2 heterocycles. The zero-order chi connectivity index (χ0) is 9.42. The molecule has 1 unspecified atom stereocenters. The second kappa shape index (κ2) is 3.01. The molecule has 4 heteroatoms. The maximum atomic E-state index is 9.36. The number of rotatable bonds is 1. The zero-order valence-corrected chi connectivity index (χ0v) is 7.86. The highest BCUT2D eigenvalue weighted by atomic mass is 35.5. The van der Waals surface area contributed by atoms with Crippen LogP contribution in [0.4, 0.5) is 0 Å². The number of pyridine rings is 1. The van der Waals surface area contributed by atoms with Crippen LogP contribution in [-0.4, -0.2) is 14.5 Å². The van der Waals surface area contributed by atoms with Gasteiger partial charge in [-0.1, -0.05) is 11.6 Å². The van der Waals surface area contributed by atoms with Crippen molar-refractivity contribution < 1.29 is 5.11 Å². The lowest BCUT2D eigenvalue weighted by Crippen LogP contribution is -1.98. The molecule has 0 saturated carbocycles. The van der Waals surface area contributed by atoms with Crippen LogP contribution in [-0.2, 0) is 0 Å². The van der Waals surface area contributed by atoms with Gasteiger partial charge in [0.05, 0.1) is 11.7 Å². The summed E-state index contributed by atoms with van der Waals surface area (Å²) in [6.07, 6.45) is 2.92. The van der Waals surface area contributed by atoms with Gasteiger partial charge in [-0.3, -0.25) is 0 Å². The van der Waals surface area contributed by atoms with Crippen molar-refractivity contribution >= 4 is 17.1 Å². The van der Waals surface area contributed by atoms with Crippen LogP contribution in [0.5, 0.6) is 0 Å². The van der Waals surface area contributed by atoms with Gasteiger partial charge in [-0.25, -0.2) is 4.98 Å². The van der Waals surface area contributed by atoms with Gasteiger partial charge in [0, 0.05) is 11.2 Å². The molecule has 0 spiro atoms. The van der Waals surface area contributed by atoms with Crippen molar-refractivity contribution in [3.8, 4) is 0 Å². The summed E-state index contributed by atoms with van der Waals surface area (Å²) in [6.45, 7) is 1.68. The third-order valence-corrected chi connectivity index (χ3v) is 2.13. The molecule has 0 aliphatic rings. The van der Waals surface area contributed by atoms with E-state index in [1.165, 1.54) is 0 Å². The maximum absolute atomic E-state index is 9.36. The number of hydrogen-bond acceptors (Lipinski definition) is 2. The Morgan fingerprint density at radius 1 is 1.62 bits per heavy atom. The molecular formula is C9H9ClN2O. The summed E-state index contributed by atoms with van der Waals surface area (Å²) in [4.78, 5) is 4.09.